The summed E-state index contributed by atoms with van der Waals surface area (Å²) < 4.78 is 41.9. The normalized spacial score (nSPS) is 12.7. The second-order valence-corrected chi connectivity index (χ2v) is 12.2. The van der Waals surface area contributed by atoms with Gasteiger partial charge in [0, 0.05) is 23.4 Å². The minimum atomic E-state index is -2.57. The van der Waals surface area contributed by atoms with Gasteiger partial charge in [0.1, 0.15) is 24.2 Å². The number of nitrogens with one attached hydrogen (secondary N) is 1. The van der Waals surface area contributed by atoms with Gasteiger partial charge in [-0.1, -0.05) is 29.8 Å². The van der Waals surface area contributed by atoms with Crippen LogP contribution in [0.5, 0.6) is 0 Å². The van der Waals surface area contributed by atoms with Crippen LogP contribution in [0.1, 0.15) is 29.8 Å². The summed E-state index contributed by atoms with van der Waals surface area (Å²) in [4.78, 5) is 13.3. The second kappa shape index (κ2) is 9.05. The van der Waals surface area contributed by atoms with E-state index in [2.05, 4.69) is 20.3 Å². The number of rotatable bonds is 5. The number of hydrogen-bond donors (Lipinski definition) is 1. The topological polar surface area (TPSA) is 67.8 Å². The Morgan fingerprint density at radius 1 is 1.06 bits per heavy atom. The fraction of sp³-hybridized carbons (Fsp3) is 0.240. The first-order chi connectivity index (χ1) is 16.0. The van der Waals surface area contributed by atoms with Crippen LogP contribution < -0.4 is 10.8 Å². The summed E-state index contributed by atoms with van der Waals surface area (Å²) in [5.74, 6) is -0.914. The number of aromatic nitrogens is 3. The van der Waals surface area contributed by atoms with Crippen molar-refractivity contribution >= 4 is 40.9 Å². The molecule has 0 fully saturated rings. The number of halogens is 3. The number of anilines is 1. The molecule has 0 spiro atoms. The molecule has 1 aromatic carbocycles. The van der Waals surface area contributed by atoms with Gasteiger partial charge in [-0.25, -0.2) is 18.7 Å². The Morgan fingerprint density at radius 2 is 1.76 bits per heavy atom. The number of benzene rings is 1. The summed E-state index contributed by atoms with van der Waals surface area (Å²) in [6.07, 6.45) is 1.49. The van der Waals surface area contributed by atoms with Crippen molar-refractivity contribution in [1.82, 2.24) is 15.0 Å². The number of aryl methyl sites for hydroxylation is 2. The van der Waals surface area contributed by atoms with E-state index in [1.165, 1.54) is 18.3 Å². The molecular weight excluding hydrogens is 477 g/mol. The van der Waals surface area contributed by atoms with Crippen molar-refractivity contribution in [3.8, 4) is 11.3 Å². The van der Waals surface area contributed by atoms with Crippen molar-refractivity contribution in [3.63, 3.8) is 0 Å². The summed E-state index contributed by atoms with van der Waals surface area (Å²) in [7, 11) is -2.57. The van der Waals surface area contributed by atoms with Crippen molar-refractivity contribution in [3.05, 3.63) is 76.1 Å². The summed E-state index contributed by atoms with van der Waals surface area (Å²) in [5, 5.41) is 3.57. The average Bonchev–Trinajstić information content (AvgIpc) is 2.76. The van der Waals surface area contributed by atoms with Gasteiger partial charge in [-0.05, 0) is 51.8 Å². The van der Waals surface area contributed by atoms with Crippen molar-refractivity contribution in [1.29, 1.82) is 0 Å². The molecular formula is C25H24ClF2N4OP. The molecule has 5 nitrogen and oxygen atoms in total. The summed E-state index contributed by atoms with van der Waals surface area (Å²) in [6, 6.07) is 9.02. The quantitative estimate of drug-likeness (QED) is 0.310. The predicted octanol–water partition coefficient (Wildman–Crippen LogP) is 6.66. The Hall–Kier alpha value is -2.89. The lowest BCUT2D eigenvalue weighted by Gasteiger charge is -2.20. The molecule has 9 heteroatoms. The molecule has 0 aliphatic heterocycles. The van der Waals surface area contributed by atoms with E-state index in [0.29, 0.717) is 49.6 Å². The van der Waals surface area contributed by atoms with Gasteiger partial charge in [-0.2, -0.15) is 0 Å². The van der Waals surface area contributed by atoms with Crippen LogP contribution in [0.15, 0.2) is 42.6 Å². The molecule has 0 bridgehead atoms. The van der Waals surface area contributed by atoms with Gasteiger partial charge in [-0.3, -0.25) is 4.98 Å². The third kappa shape index (κ3) is 4.55. The van der Waals surface area contributed by atoms with E-state index in [1.54, 1.807) is 58.4 Å². The highest BCUT2D eigenvalue weighted by Crippen LogP contribution is 2.38. The lowest BCUT2D eigenvalue weighted by Crippen LogP contribution is -2.11. The monoisotopic (exact) mass is 500 g/mol. The van der Waals surface area contributed by atoms with E-state index in [9.17, 15) is 8.96 Å². The van der Waals surface area contributed by atoms with Crippen molar-refractivity contribution in [2.24, 2.45) is 0 Å². The maximum atomic E-state index is 15.2. The van der Waals surface area contributed by atoms with Gasteiger partial charge in [0.15, 0.2) is 5.82 Å². The van der Waals surface area contributed by atoms with E-state index in [-0.39, 0.29) is 11.5 Å². The maximum absolute atomic E-state index is 15.2. The smallest absolute Gasteiger partial charge is 0.151 e. The third-order valence-corrected chi connectivity index (χ3v) is 7.46. The molecule has 0 saturated heterocycles. The Kier molecular flexibility index (Phi) is 6.45. The Labute approximate surface area is 202 Å². The maximum Gasteiger partial charge on any atom is 0.151 e. The highest BCUT2D eigenvalue weighted by atomic mass is 35.5. The Bertz CT molecular complexity index is 1470. The van der Waals surface area contributed by atoms with E-state index >= 15 is 4.39 Å². The molecule has 4 aromatic rings. The van der Waals surface area contributed by atoms with Gasteiger partial charge in [0.2, 0.25) is 0 Å². The van der Waals surface area contributed by atoms with Crippen LogP contribution in [0, 0.1) is 25.5 Å². The fourth-order valence-corrected chi connectivity index (χ4v) is 4.81. The zero-order chi connectivity index (χ0) is 24.8. The van der Waals surface area contributed by atoms with Gasteiger partial charge >= 0.3 is 0 Å². The van der Waals surface area contributed by atoms with Gasteiger partial charge < -0.3 is 9.88 Å². The molecule has 3 aromatic heterocycles. The molecule has 1 N–H and O–H groups in total. The lowest BCUT2D eigenvalue weighted by molar-refractivity contribution is 0.587. The van der Waals surface area contributed by atoms with E-state index < -0.39 is 19.0 Å². The lowest BCUT2D eigenvalue weighted by atomic mass is 10.1. The van der Waals surface area contributed by atoms with E-state index in [1.807, 2.05) is 0 Å². The average molecular weight is 501 g/mol. The first-order valence-corrected chi connectivity index (χ1v) is 13.6. The van der Waals surface area contributed by atoms with Gasteiger partial charge in [0.05, 0.1) is 33.4 Å². The fourth-order valence-electron chi connectivity index (χ4n) is 3.79. The first-order valence-electron chi connectivity index (χ1n) is 10.7. The highest BCUT2D eigenvalue weighted by molar-refractivity contribution is 7.69. The van der Waals surface area contributed by atoms with Crippen LogP contribution in [0.3, 0.4) is 0 Å². The van der Waals surface area contributed by atoms with Crippen LogP contribution in [-0.2, 0) is 4.57 Å². The highest BCUT2D eigenvalue weighted by Gasteiger charge is 2.21. The summed E-state index contributed by atoms with van der Waals surface area (Å²) >= 11 is 6.59. The molecule has 34 heavy (non-hydrogen) atoms. The number of fused-ring (bicyclic) bond motifs is 1. The Balaban J connectivity index is 1.88. The first kappa shape index (κ1) is 24.2. The van der Waals surface area contributed by atoms with Crippen LogP contribution in [0.4, 0.5) is 14.5 Å². The molecule has 0 amide bonds. The molecule has 0 saturated carbocycles. The molecule has 1 unspecified atom stereocenters. The third-order valence-electron chi connectivity index (χ3n) is 5.65. The van der Waals surface area contributed by atoms with E-state index in [0.717, 1.165) is 0 Å². The molecule has 176 valence electrons. The molecule has 0 aliphatic rings. The molecule has 3 heterocycles. The summed E-state index contributed by atoms with van der Waals surface area (Å²) in [5.41, 5.74) is 3.79. The van der Waals surface area contributed by atoms with Crippen molar-refractivity contribution in [2.45, 2.75) is 26.8 Å². The second-order valence-electron chi connectivity index (χ2n) is 8.67. The molecule has 0 radical (unpaired) electrons. The van der Waals surface area contributed by atoms with Crippen molar-refractivity contribution in [2.75, 3.05) is 18.6 Å². The molecule has 0 aliphatic carbocycles. The predicted molar refractivity (Wildman–Crippen MR) is 135 cm³/mol. The number of pyridine rings is 3. The van der Waals surface area contributed by atoms with Crippen LogP contribution in [0.25, 0.3) is 22.3 Å². The van der Waals surface area contributed by atoms with Gasteiger partial charge in [-0.15, -0.1) is 0 Å². The van der Waals surface area contributed by atoms with Crippen LogP contribution in [-0.4, -0.2) is 28.3 Å². The summed E-state index contributed by atoms with van der Waals surface area (Å²) in [6.45, 7) is 8.58. The van der Waals surface area contributed by atoms with E-state index in [4.69, 9.17) is 11.6 Å². The number of hydrogen-bond acceptors (Lipinski definition) is 5. The minimum absolute atomic E-state index is 0.0782. The Morgan fingerprint density at radius 3 is 2.41 bits per heavy atom. The van der Waals surface area contributed by atoms with Crippen molar-refractivity contribution < 1.29 is 13.3 Å². The van der Waals surface area contributed by atoms with Crippen LogP contribution in [0.2, 0.25) is 5.02 Å². The molecule has 4 rings (SSSR count). The SMILES string of the molecule is Cc1cc(P(C)(C)=O)ncc1-c1nc2c(NC(C)c3ccccc3F)c(Cl)c(C)nc2cc1F. The van der Waals surface area contributed by atoms with Gasteiger partial charge in [0.25, 0.3) is 0 Å². The standard InChI is InChI=1S/C25H24ClF2N4OP/c1-13-10-21(34(4,5)33)29-12-17(13)23-19(28)11-20-24(32-23)25(22(26)15(3)30-20)31-14(2)16-8-6-7-9-18(16)27/h6-12,14H,1-5H3,(H,30,31). The largest absolute Gasteiger partial charge is 0.375 e. The zero-order valence-electron chi connectivity index (χ0n) is 19.4. The zero-order valence-corrected chi connectivity index (χ0v) is 21.1. The van der Waals surface area contributed by atoms with Crippen LogP contribution >= 0.6 is 18.7 Å². The minimum Gasteiger partial charge on any atom is -0.375 e. The molecule has 1 atom stereocenters. The number of nitrogens with zero attached hydrogens (tertiary/aromatic N) is 3.